The Hall–Kier alpha value is -1.23. The first kappa shape index (κ1) is 15.2. The summed E-state index contributed by atoms with van der Waals surface area (Å²) in [5.74, 6) is 0. The van der Waals surface area contributed by atoms with Crippen molar-refractivity contribution in [1.29, 1.82) is 0 Å². The molecule has 20 heavy (non-hydrogen) atoms. The predicted octanol–water partition coefficient (Wildman–Crippen LogP) is 4.01. The van der Waals surface area contributed by atoms with Crippen LogP contribution in [0.4, 0.5) is 5.69 Å². The molecule has 106 valence electrons. The molecule has 0 aliphatic rings. The number of benzene rings is 2. The smallest absolute Gasteiger partial charge is 0.177 e. The molecule has 0 saturated carbocycles. The molecule has 6 heteroatoms. The van der Waals surface area contributed by atoms with Crippen LogP contribution >= 0.6 is 23.2 Å². The highest BCUT2D eigenvalue weighted by Gasteiger charge is 2.12. The van der Waals surface area contributed by atoms with Gasteiger partial charge in [-0.2, -0.15) is 0 Å². The summed E-state index contributed by atoms with van der Waals surface area (Å²) < 4.78 is 23.4. The van der Waals surface area contributed by atoms with Crippen molar-refractivity contribution in [3.8, 4) is 0 Å². The number of anilines is 1. The number of hydrogen-bond donors (Lipinski definition) is 1. The van der Waals surface area contributed by atoms with E-state index in [9.17, 15) is 8.42 Å². The van der Waals surface area contributed by atoms with Crippen molar-refractivity contribution in [2.75, 3.05) is 11.6 Å². The fourth-order valence-corrected chi connectivity index (χ4v) is 3.05. The zero-order valence-corrected chi connectivity index (χ0v) is 13.1. The van der Waals surface area contributed by atoms with Crippen molar-refractivity contribution in [2.24, 2.45) is 0 Å². The van der Waals surface area contributed by atoms with Crippen LogP contribution in [0.2, 0.25) is 10.0 Å². The molecule has 0 heterocycles. The Balaban J connectivity index is 2.26. The normalized spacial score (nSPS) is 11.3. The number of sulfone groups is 1. The summed E-state index contributed by atoms with van der Waals surface area (Å²) >= 11 is 12.0. The third kappa shape index (κ3) is 3.66. The number of nitrogens with one attached hydrogen (secondary N) is 1. The van der Waals surface area contributed by atoms with Gasteiger partial charge in [0.25, 0.3) is 0 Å². The van der Waals surface area contributed by atoms with Gasteiger partial charge in [0.15, 0.2) is 9.84 Å². The van der Waals surface area contributed by atoms with E-state index < -0.39 is 9.84 Å². The van der Waals surface area contributed by atoms with Gasteiger partial charge < -0.3 is 5.32 Å². The van der Waals surface area contributed by atoms with E-state index in [-0.39, 0.29) is 4.90 Å². The first-order valence-electron chi connectivity index (χ1n) is 5.85. The number of halogens is 2. The molecule has 3 nitrogen and oxygen atoms in total. The minimum Gasteiger partial charge on any atom is -0.380 e. The van der Waals surface area contributed by atoms with Crippen LogP contribution in [0.25, 0.3) is 0 Å². The van der Waals surface area contributed by atoms with Gasteiger partial charge in [0.1, 0.15) is 0 Å². The second-order valence-electron chi connectivity index (χ2n) is 4.36. The summed E-state index contributed by atoms with van der Waals surface area (Å²) in [6.45, 7) is 0.395. The second kappa shape index (κ2) is 6.04. The number of hydrogen-bond acceptors (Lipinski definition) is 3. The lowest BCUT2D eigenvalue weighted by Crippen LogP contribution is -2.06. The van der Waals surface area contributed by atoms with Crippen molar-refractivity contribution in [3.05, 3.63) is 58.1 Å². The zero-order valence-electron chi connectivity index (χ0n) is 10.7. The van der Waals surface area contributed by atoms with Gasteiger partial charge in [0.2, 0.25) is 0 Å². The summed E-state index contributed by atoms with van der Waals surface area (Å²) in [7, 11) is -3.28. The maximum atomic E-state index is 11.7. The molecule has 0 amide bonds. The molecule has 2 aromatic carbocycles. The molecular formula is C14H13Cl2NO2S. The zero-order chi connectivity index (χ0) is 14.8. The summed E-state index contributed by atoms with van der Waals surface area (Å²) in [6.07, 6.45) is 1.18. The molecule has 0 saturated heterocycles. The van der Waals surface area contributed by atoms with Crippen molar-refractivity contribution >= 4 is 38.7 Å². The van der Waals surface area contributed by atoms with E-state index in [2.05, 4.69) is 5.32 Å². The molecule has 0 aliphatic heterocycles. The molecule has 1 N–H and O–H groups in total. The molecular weight excluding hydrogens is 317 g/mol. The molecule has 0 bridgehead atoms. The Morgan fingerprint density at radius 3 is 2.50 bits per heavy atom. The summed E-state index contributed by atoms with van der Waals surface area (Å²) in [4.78, 5) is 0.262. The molecule has 0 unspecified atom stereocenters. The van der Waals surface area contributed by atoms with Gasteiger partial charge in [0, 0.05) is 22.8 Å². The Kier molecular flexibility index (Phi) is 4.58. The number of para-hydroxylation sites is 1. The maximum absolute atomic E-state index is 11.7. The van der Waals surface area contributed by atoms with Gasteiger partial charge in [-0.25, -0.2) is 8.42 Å². The molecule has 2 aromatic rings. The van der Waals surface area contributed by atoms with Crippen LogP contribution in [-0.2, 0) is 16.4 Å². The molecule has 0 spiro atoms. The van der Waals surface area contributed by atoms with Crippen molar-refractivity contribution in [2.45, 2.75) is 11.4 Å². The lowest BCUT2D eigenvalue weighted by Gasteiger charge is -2.12. The fraction of sp³-hybridized carbons (Fsp3) is 0.143. The average Bonchev–Trinajstić information content (AvgIpc) is 2.39. The Bertz CT molecular complexity index is 730. The fourth-order valence-electron chi connectivity index (χ4n) is 1.81. The lowest BCUT2D eigenvalue weighted by atomic mass is 10.2. The molecule has 0 radical (unpaired) electrons. The van der Waals surface area contributed by atoms with Crippen LogP contribution in [0.1, 0.15) is 5.56 Å². The standard InChI is InChI=1S/C14H13Cl2NO2S/c1-20(18,19)14-5-3-2-4-13(14)17-9-10-8-11(15)6-7-12(10)16/h2-8,17H,9H2,1H3. The topological polar surface area (TPSA) is 46.2 Å². The Morgan fingerprint density at radius 1 is 1.10 bits per heavy atom. The SMILES string of the molecule is CS(=O)(=O)c1ccccc1NCc1cc(Cl)ccc1Cl. The Labute approximate surface area is 128 Å². The summed E-state index contributed by atoms with van der Waals surface area (Å²) in [6, 6.07) is 11.9. The average molecular weight is 330 g/mol. The van der Waals surface area contributed by atoms with Crippen molar-refractivity contribution < 1.29 is 8.42 Å². The third-order valence-electron chi connectivity index (χ3n) is 2.76. The van der Waals surface area contributed by atoms with Gasteiger partial charge in [-0.15, -0.1) is 0 Å². The van der Waals surface area contributed by atoms with Crippen LogP contribution in [0.3, 0.4) is 0 Å². The van der Waals surface area contributed by atoms with Crippen molar-refractivity contribution in [1.82, 2.24) is 0 Å². The van der Waals surface area contributed by atoms with Crippen LogP contribution in [0, 0.1) is 0 Å². The second-order valence-corrected chi connectivity index (χ2v) is 7.19. The summed E-state index contributed by atoms with van der Waals surface area (Å²) in [5.41, 5.74) is 1.36. The van der Waals surface area contributed by atoms with E-state index in [1.807, 2.05) is 0 Å². The largest absolute Gasteiger partial charge is 0.380 e. The third-order valence-corrected chi connectivity index (χ3v) is 4.52. The quantitative estimate of drug-likeness (QED) is 0.921. The Morgan fingerprint density at radius 2 is 1.80 bits per heavy atom. The van der Waals surface area contributed by atoms with Crippen LogP contribution < -0.4 is 5.32 Å². The van der Waals surface area contributed by atoms with Gasteiger partial charge in [-0.1, -0.05) is 35.3 Å². The van der Waals surface area contributed by atoms with E-state index in [0.29, 0.717) is 22.3 Å². The molecule has 0 aromatic heterocycles. The molecule has 0 fully saturated rings. The van der Waals surface area contributed by atoms with E-state index in [1.54, 1.807) is 42.5 Å². The lowest BCUT2D eigenvalue weighted by molar-refractivity contribution is 0.602. The molecule has 0 atom stereocenters. The van der Waals surface area contributed by atoms with Crippen LogP contribution in [0.15, 0.2) is 47.4 Å². The first-order chi connectivity index (χ1) is 9.38. The predicted molar refractivity (Wildman–Crippen MR) is 83.3 cm³/mol. The van der Waals surface area contributed by atoms with Crippen LogP contribution in [0.5, 0.6) is 0 Å². The highest BCUT2D eigenvalue weighted by Crippen LogP contribution is 2.24. The minimum atomic E-state index is -3.28. The highest BCUT2D eigenvalue weighted by atomic mass is 35.5. The molecule has 0 aliphatic carbocycles. The van der Waals surface area contributed by atoms with E-state index >= 15 is 0 Å². The van der Waals surface area contributed by atoms with Gasteiger partial charge in [-0.3, -0.25) is 0 Å². The van der Waals surface area contributed by atoms with Gasteiger partial charge >= 0.3 is 0 Å². The highest BCUT2D eigenvalue weighted by molar-refractivity contribution is 7.90. The summed E-state index contributed by atoms with van der Waals surface area (Å²) in [5, 5.41) is 4.25. The first-order valence-corrected chi connectivity index (χ1v) is 8.49. The maximum Gasteiger partial charge on any atom is 0.177 e. The monoisotopic (exact) mass is 329 g/mol. The van der Waals surface area contributed by atoms with E-state index in [0.717, 1.165) is 5.56 Å². The van der Waals surface area contributed by atoms with E-state index in [1.165, 1.54) is 6.26 Å². The van der Waals surface area contributed by atoms with Crippen LogP contribution in [-0.4, -0.2) is 14.7 Å². The van der Waals surface area contributed by atoms with Crippen molar-refractivity contribution in [3.63, 3.8) is 0 Å². The van der Waals surface area contributed by atoms with Gasteiger partial charge in [0.05, 0.1) is 10.6 Å². The van der Waals surface area contributed by atoms with E-state index in [4.69, 9.17) is 23.2 Å². The number of rotatable bonds is 4. The molecule has 2 rings (SSSR count). The minimum absolute atomic E-state index is 0.262. The van der Waals surface area contributed by atoms with Gasteiger partial charge in [-0.05, 0) is 35.9 Å².